The molecular formula is C23H33ClF2N2O3SSi. The number of aromatic nitrogens is 2. The summed E-state index contributed by atoms with van der Waals surface area (Å²) < 4.78 is 45.6. The molecule has 1 aromatic heterocycles. The van der Waals surface area contributed by atoms with Crippen molar-refractivity contribution in [2.75, 3.05) is 13.2 Å². The van der Waals surface area contributed by atoms with E-state index < -0.39 is 26.1 Å². The maximum Gasteiger partial charge on any atom is 0.219 e. The Morgan fingerprint density at radius 2 is 1.82 bits per heavy atom. The van der Waals surface area contributed by atoms with Gasteiger partial charge in [-0.05, 0) is 38.0 Å². The molecule has 0 saturated heterocycles. The second kappa shape index (κ2) is 11.9. The lowest BCUT2D eigenvalue weighted by Crippen LogP contribution is -2.44. The predicted octanol–water partition coefficient (Wildman–Crippen LogP) is 6.89. The molecule has 0 fully saturated rings. The second-order valence-corrected chi connectivity index (χ2v) is 15.6. The first-order chi connectivity index (χ1) is 15.3. The quantitative estimate of drug-likeness (QED) is 0.140. The summed E-state index contributed by atoms with van der Waals surface area (Å²) in [7, 11) is -1.99. The summed E-state index contributed by atoms with van der Waals surface area (Å²) in [6.45, 7) is 15.5. The van der Waals surface area contributed by atoms with E-state index in [-0.39, 0.29) is 33.5 Å². The summed E-state index contributed by atoms with van der Waals surface area (Å²) in [5.74, 6) is -1.35. The highest BCUT2D eigenvalue weighted by molar-refractivity contribution is 7.98. The molecule has 184 valence electrons. The average Bonchev–Trinajstić information content (AvgIpc) is 2.70. The molecule has 5 nitrogen and oxygen atoms in total. The number of thioether (sulfide) groups is 1. The van der Waals surface area contributed by atoms with Crippen LogP contribution in [0.5, 0.6) is 5.88 Å². The van der Waals surface area contributed by atoms with E-state index in [0.29, 0.717) is 18.4 Å². The van der Waals surface area contributed by atoms with Crippen molar-refractivity contribution in [2.24, 2.45) is 0 Å². The van der Waals surface area contributed by atoms with Gasteiger partial charge in [-0.15, -0.1) is 0 Å². The fourth-order valence-electron chi connectivity index (χ4n) is 2.41. The number of benzene rings is 1. The number of hydrogen-bond donors (Lipinski definition) is 0. The lowest BCUT2D eigenvalue weighted by molar-refractivity contribution is -0.00499. The number of hydrogen-bond acceptors (Lipinski definition) is 6. The summed E-state index contributed by atoms with van der Waals surface area (Å²) in [4.78, 5) is 8.56. The largest absolute Gasteiger partial charge is 0.469 e. The number of halogens is 3. The van der Waals surface area contributed by atoms with Crippen LogP contribution in [0.3, 0.4) is 0 Å². The fourth-order valence-corrected chi connectivity index (χ4v) is 4.49. The third-order valence-electron chi connectivity index (χ3n) is 5.38. The van der Waals surface area contributed by atoms with E-state index in [1.807, 2.05) is 13.8 Å². The number of rotatable bonds is 11. The van der Waals surface area contributed by atoms with Crippen LogP contribution in [-0.2, 0) is 14.9 Å². The Hall–Kier alpha value is -1.26. The predicted molar refractivity (Wildman–Crippen MR) is 132 cm³/mol. The summed E-state index contributed by atoms with van der Waals surface area (Å²) in [6.07, 6.45) is -0.365. The van der Waals surface area contributed by atoms with Crippen LogP contribution in [0, 0.1) is 11.6 Å². The van der Waals surface area contributed by atoms with E-state index >= 15 is 0 Å². The molecule has 0 radical (unpaired) electrons. The van der Waals surface area contributed by atoms with Crippen LogP contribution in [0.25, 0.3) is 0 Å². The van der Waals surface area contributed by atoms with Gasteiger partial charge >= 0.3 is 0 Å². The molecule has 1 heterocycles. The first-order valence-corrected chi connectivity index (χ1v) is 15.1. The van der Waals surface area contributed by atoms with Crippen molar-refractivity contribution in [3.8, 4) is 5.88 Å². The van der Waals surface area contributed by atoms with Crippen LogP contribution < -0.4 is 4.74 Å². The summed E-state index contributed by atoms with van der Waals surface area (Å²) in [5, 5.41) is 0.552. The lowest BCUT2D eigenvalue weighted by atomic mass is 10.2. The Labute approximate surface area is 205 Å². The van der Waals surface area contributed by atoms with E-state index in [1.54, 1.807) is 0 Å². The third kappa shape index (κ3) is 8.79. The minimum atomic E-state index is -1.99. The molecule has 0 unspecified atom stereocenters. The zero-order chi connectivity index (χ0) is 24.8. The van der Waals surface area contributed by atoms with Gasteiger partial charge in [0.05, 0.1) is 19.3 Å². The third-order valence-corrected chi connectivity index (χ3v) is 11.0. The molecule has 0 amide bonds. The standard InChI is InChI=1S/C23H33ClF2N2O3SSi/c1-15(2)29-12-17(13-30-33(6,7)23(3,4)5)31-20-11-19(24)27-22(28-20)32-14-16-9-8-10-18(25)21(16)26/h8-11,15,17H,12-14H2,1-7H3/t17-/m1/s1. The molecule has 0 spiro atoms. The molecule has 0 aliphatic rings. The van der Waals surface area contributed by atoms with Crippen LogP contribution in [0.4, 0.5) is 8.78 Å². The summed E-state index contributed by atoms with van der Waals surface area (Å²) in [6, 6.07) is 5.58. The van der Waals surface area contributed by atoms with Crippen molar-refractivity contribution >= 4 is 31.7 Å². The molecule has 0 aliphatic carbocycles. The van der Waals surface area contributed by atoms with Gasteiger partial charge in [-0.1, -0.05) is 56.3 Å². The maximum atomic E-state index is 13.9. The molecule has 0 saturated carbocycles. The van der Waals surface area contributed by atoms with Gasteiger partial charge in [-0.2, -0.15) is 4.98 Å². The van der Waals surface area contributed by atoms with Crippen molar-refractivity contribution in [1.29, 1.82) is 0 Å². The molecule has 0 N–H and O–H groups in total. The summed E-state index contributed by atoms with van der Waals surface area (Å²) in [5.41, 5.74) is 0.219. The van der Waals surface area contributed by atoms with Crippen LogP contribution in [0.1, 0.15) is 40.2 Å². The van der Waals surface area contributed by atoms with E-state index in [2.05, 4.69) is 43.8 Å². The highest BCUT2D eigenvalue weighted by Gasteiger charge is 2.38. The lowest BCUT2D eigenvalue weighted by Gasteiger charge is -2.37. The van der Waals surface area contributed by atoms with Gasteiger partial charge < -0.3 is 13.9 Å². The Kier molecular flexibility index (Phi) is 10.1. The van der Waals surface area contributed by atoms with E-state index in [1.165, 1.54) is 18.2 Å². The Balaban J connectivity index is 2.13. The van der Waals surface area contributed by atoms with Gasteiger partial charge in [-0.3, -0.25) is 0 Å². The number of nitrogens with zero attached hydrogens (tertiary/aromatic N) is 2. The van der Waals surface area contributed by atoms with Crippen molar-refractivity contribution in [1.82, 2.24) is 9.97 Å². The molecule has 10 heteroatoms. The van der Waals surface area contributed by atoms with E-state index in [9.17, 15) is 8.78 Å². The van der Waals surface area contributed by atoms with Crippen LogP contribution in [0.15, 0.2) is 29.4 Å². The van der Waals surface area contributed by atoms with Gasteiger partial charge in [0.2, 0.25) is 5.88 Å². The minimum Gasteiger partial charge on any atom is -0.469 e. The monoisotopic (exact) mass is 518 g/mol. The van der Waals surface area contributed by atoms with Crippen LogP contribution in [-0.4, -0.2) is 43.7 Å². The molecule has 0 bridgehead atoms. The van der Waals surface area contributed by atoms with Gasteiger partial charge in [-0.25, -0.2) is 13.8 Å². The highest BCUT2D eigenvalue weighted by atomic mass is 35.5. The smallest absolute Gasteiger partial charge is 0.219 e. The molecule has 33 heavy (non-hydrogen) atoms. The van der Waals surface area contributed by atoms with Crippen LogP contribution in [0.2, 0.25) is 23.3 Å². The SMILES string of the molecule is CC(C)OC[C@H](CO[Si](C)(C)C(C)(C)C)Oc1cc(Cl)nc(SCc2cccc(F)c2F)n1. The van der Waals surface area contributed by atoms with Gasteiger partial charge in [0.15, 0.2) is 25.1 Å². The second-order valence-electron chi connectivity index (χ2n) is 9.51. The van der Waals surface area contributed by atoms with Crippen molar-refractivity contribution in [3.05, 3.63) is 46.6 Å². The molecule has 2 rings (SSSR count). The molecule has 1 atom stereocenters. The highest BCUT2D eigenvalue weighted by Crippen LogP contribution is 2.36. The first-order valence-electron chi connectivity index (χ1n) is 10.8. The van der Waals surface area contributed by atoms with Crippen molar-refractivity contribution < 1.29 is 22.7 Å². The average molecular weight is 519 g/mol. The molecule has 1 aromatic carbocycles. The summed E-state index contributed by atoms with van der Waals surface area (Å²) >= 11 is 7.32. The minimum absolute atomic E-state index is 0.0326. The Bertz CT molecular complexity index is 929. The molecule has 2 aromatic rings. The van der Waals surface area contributed by atoms with Gasteiger partial charge in [0.25, 0.3) is 0 Å². The normalized spacial score (nSPS) is 13.4. The topological polar surface area (TPSA) is 53.5 Å². The fraction of sp³-hybridized carbons (Fsp3) is 0.565. The zero-order valence-corrected chi connectivity index (χ0v) is 22.8. The maximum absolute atomic E-state index is 13.9. The first kappa shape index (κ1) is 28.0. The van der Waals surface area contributed by atoms with Gasteiger partial charge in [0, 0.05) is 17.4 Å². The van der Waals surface area contributed by atoms with Crippen molar-refractivity contribution in [2.45, 2.75) is 75.9 Å². The van der Waals surface area contributed by atoms with Crippen LogP contribution >= 0.6 is 23.4 Å². The van der Waals surface area contributed by atoms with Gasteiger partial charge in [0.1, 0.15) is 11.3 Å². The zero-order valence-electron chi connectivity index (χ0n) is 20.2. The van der Waals surface area contributed by atoms with E-state index in [4.69, 9.17) is 25.5 Å². The Morgan fingerprint density at radius 1 is 1.12 bits per heavy atom. The molecular weight excluding hydrogens is 486 g/mol. The van der Waals surface area contributed by atoms with E-state index in [0.717, 1.165) is 17.8 Å². The Morgan fingerprint density at radius 3 is 2.45 bits per heavy atom. The van der Waals surface area contributed by atoms with Crippen molar-refractivity contribution in [3.63, 3.8) is 0 Å². The molecule has 0 aliphatic heterocycles. The number of ether oxygens (including phenoxy) is 2.